The molecule has 1 N–H and O–H groups in total. The monoisotopic (exact) mass is 250 g/mol. The van der Waals surface area contributed by atoms with Crippen LogP contribution in [0.5, 0.6) is 0 Å². The smallest absolute Gasteiger partial charge is 0.0243 e. The Kier molecular flexibility index (Phi) is 6.81. The molecule has 0 bridgehead atoms. The van der Waals surface area contributed by atoms with Crippen molar-refractivity contribution >= 4 is 0 Å². The van der Waals surface area contributed by atoms with E-state index in [2.05, 4.69) is 22.6 Å². The standard InChI is InChI=1S/C16H30N2/c1-2-5-9-13-16(12-8-4-1)18-15-11-7-3-6-10-14-17-18/h3,6,16-17H,1-2,4-5,7-15H2. The summed E-state index contributed by atoms with van der Waals surface area (Å²) in [5.74, 6) is 0. The maximum absolute atomic E-state index is 3.68. The topological polar surface area (TPSA) is 15.3 Å². The van der Waals surface area contributed by atoms with Gasteiger partial charge in [-0.25, -0.2) is 5.01 Å². The summed E-state index contributed by atoms with van der Waals surface area (Å²) < 4.78 is 0. The van der Waals surface area contributed by atoms with Crippen LogP contribution in [0.4, 0.5) is 0 Å². The van der Waals surface area contributed by atoms with Gasteiger partial charge in [0.15, 0.2) is 0 Å². The summed E-state index contributed by atoms with van der Waals surface area (Å²) in [7, 11) is 0. The molecule has 2 nitrogen and oxygen atoms in total. The Balaban J connectivity index is 1.84. The second-order valence-electron chi connectivity index (χ2n) is 5.86. The molecule has 1 saturated carbocycles. The summed E-state index contributed by atoms with van der Waals surface area (Å²) in [6.07, 6.45) is 19.9. The zero-order valence-corrected chi connectivity index (χ0v) is 11.9. The molecule has 1 heterocycles. The second-order valence-corrected chi connectivity index (χ2v) is 5.86. The largest absolute Gasteiger partial charge is 0.255 e. The summed E-state index contributed by atoms with van der Waals surface area (Å²) in [4.78, 5) is 0. The van der Waals surface area contributed by atoms with E-state index in [1.807, 2.05) is 0 Å². The highest BCUT2D eigenvalue weighted by Crippen LogP contribution is 2.20. The molecule has 1 aliphatic carbocycles. The lowest BCUT2D eigenvalue weighted by atomic mass is 10.0. The van der Waals surface area contributed by atoms with E-state index in [0.717, 1.165) is 12.6 Å². The van der Waals surface area contributed by atoms with Gasteiger partial charge in [0.1, 0.15) is 0 Å². The van der Waals surface area contributed by atoms with Crippen molar-refractivity contribution in [1.29, 1.82) is 0 Å². The fourth-order valence-electron chi connectivity index (χ4n) is 3.22. The maximum Gasteiger partial charge on any atom is 0.0243 e. The number of rotatable bonds is 1. The lowest BCUT2D eigenvalue weighted by molar-refractivity contribution is 0.107. The van der Waals surface area contributed by atoms with E-state index >= 15 is 0 Å². The number of hydrazine groups is 1. The van der Waals surface area contributed by atoms with Crippen LogP contribution < -0.4 is 5.43 Å². The lowest BCUT2D eigenvalue weighted by Crippen LogP contribution is -2.46. The average molecular weight is 250 g/mol. The van der Waals surface area contributed by atoms with E-state index in [-0.39, 0.29) is 0 Å². The second kappa shape index (κ2) is 8.71. The van der Waals surface area contributed by atoms with Crippen LogP contribution in [0.2, 0.25) is 0 Å². The molecule has 2 aliphatic rings. The number of nitrogens with one attached hydrogen (secondary N) is 1. The van der Waals surface area contributed by atoms with Crippen molar-refractivity contribution < 1.29 is 0 Å². The van der Waals surface area contributed by atoms with Crippen LogP contribution in [0.3, 0.4) is 0 Å². The predicted molar refractivity (Wildman–Crippen MR) is 78.4 cm³/mol. The normalized spacial score (nSPS) is 26.4. The highest BCUT2D eigenvalue weighted by Gasteiger charge is 2.18. The van der Waals surface area contributed by atoms with E-state index in [4.69, 9.17) is 0 Å². The van der Waals surface area contributed by atoms with E-state index in [1.165, 1.54) is 77.2 Å². The predicted octanol–water partition coefficient (Wildman–Crippen LogP) is 4.04. The van der Waals surface area contributed by atoms with E-state index < -0.39 is 0 Å². The number of hydrogen-bond donors (Lipinski definition) is 1. The van der Waals surface area contributed by atoms with Crippen LogP contribution >= 0.6 is 0 Å². The van der Waals surface area contributed by atoms with Gasteiger partial charge in [0.2, 0.25) is 0 Å². The van der Waals surface area contributed by atoms with Crippen LogP contribution in [0, 0.1) is 0 Å². The Labute approximate surface area is 113 Å². The quantitative estimate of drug-likeness (QED) is 0.707. The van der Waals surface area contributed by atoms with E-state index in [9.17, 15) is 0 Å². The van der Waals surface area contributed by atoms with Crippen molar-refractivity contribution in [3.05, 3.63) is 12.2 Å². The molecule has 0 aromatic heterocycles. The third-order valence-corrected chi connectivity index (χ3v) is 4.33. The fourth-order valence-corrected chi connectivity index (χ4v) is 3.22. The van der Waals surface area contributed by atoms with Crippen LogP contribution in [0.1, 0.15) is 70.6 Å². The molecule has 2 rings (SSSR count). The van der Waals surface area contributed by atoms with Crippen molar-refractivity contribution in [2.24, 2.45) is 0 Å². The molecule has 0 amide bonds. The minimum Gasteiger partial charge on any atom is -0.255 e. The Morgan fingerprint density at radius 3 is 2.22 bits per heavy atom. The van der Waals surface area contributed by atoms with Gasteiger partial charge in [0.25, 0.3) is 0 Å². The Hall–Kier alpha value is -0.340. The van der Waals surface area contributed by atoms with Crippen molar-refractivity contribution in [2.75, 3.05) is 13.1 Å². The van der Waals surface area contributed by atoms with Crippen LogP contribution in [0.15, 0.2) is 12.2 Å². The highest BCUT2D eigenvalue weighted by molar-refractivity contribution is 4.84. The molecule has 0 aromatic rings. The summed E-state index contributed by atoms with van der Waals surface area (Å²) >= 11 is 0. The summed E-state index contributed by atoms with van der Waals surface area (Å²) in [6.45, 7) is 2.35. The fraction of sp³-hybridized carbons (Fsp3) is 0.875. The minimum atomic E-state index is 0.793. The van der Waals surface area contributed by atoms with Gasteiger partial charge in [0.05, 0.1) is 0 Å². The number of allylic oxidation sites excluding steroid dienone is 1. The van der Waals surface area contributed by atoms with Gasteiger partial charge >= 0.3 is 0 Å². The molecular formula is C16H30N2. The first kappa shape index (κ1) is 14.1. The van der Waals surface area contributed by atoms with Crippen molar-refractivity contribution in [2.45, 2.75) is 76.7 Å². The van der Waals surface area contributed by atoms with Gasteiger partial charge in [-0.1, -0.05) is 50.7 Å². The van der Waals surface area contributed by atoms with Crippen LogP contribution in [-0.2, 0) is 0 Å². The van der Waals surface area contributed by atoms with Crippen LogP contribution in [-0.4, -0.2) is 24.1 Å². The zero-order valence-electron chi connectivity index (χ0n) is 11.9. The summed E-state index contributed by atoms with van der Waals surface area (Å²) in [6, 6.07) is 0.793. The molecule has 0 radical (unpaired) electrons. The van der Waals surface area contributed by atoms with E-state index in [1.54, 1.807) is 0 Å². The van der Waals surface area contributed by atoms with Crippen molar-refractivity contribution in [3.8, 4) is 0 Å². The van der Waals surface area contributed by atoms with Gasteiger partial charge in [-0.3, -0.25) is 5.43 Å². The first-order valence-corrected chi connectivity index (χ1v) is 8.12. The minimum absolute atomic E-state index is 0.793. The molecular weight excluding hydrogens is 220 g/mol. The Morgan fingerprint density at radius 2 is 1.44 bits per heavy atom. The molecule has 0 unspecified atom stereocenters. The molecule has 0 aromatic carbocycles. The van der Waals surface area contributed by atoms with Gasteiger partial charge in [0, 0.05) is 19.1 Å². The average Bonchev–Trinajstić information content (AvgIpc) is 2.61. The highest BCUT2D eigenvalue weighted by atomic mass is 15.5. The molecule has 0 spiro atoms. The van der Waals surface area contributed by atoms with Crippen molar-refractivity contribution in [3.63, 3.8) is 0 Å². The Bertz CT molecular complexity index is 215. The molecule has 1 fully saturated rings. The molecule has 18 heavy (non-hydrogen) atoms. The van der Waals surface area contributed by atoms with Crippen molar-refractivity contribution in [1.82, 2.24) is 10.4 Å². The van der Waals surface area contributed by atoms with E-state index in [0.29, 0.717) is 0 Å². The number of nitrogens with zero attached hydrogens (tertiary/aromatic N) is 1. The SMILES string of the molecule is C1=CCCNN(C2CCCCCCCC2)CCC1. The third kappa shape index (κ3) is 5.11. The van der Waals surface area contributed by atoms with Gasteiger partial charge in [-0.2, -0.15) is 0 Å². The molecule has 104 valence electrons. The number of hydrogen-bond acceptors (Lipinski definition) is 2. The maximum atomic E-state index is 3.68. The molecule has 0 atom stereocenters. The summed E-state index contributed by atoms with van der Waals surface area (Å²) in [5, 5.41) is 2.58. The molecule has 0 saturated heterocycles. The first-order chi connectivity index (χ1) is 8.97. The summed E-state index contributed by atoms with van der Waals surface area (Å²) in [5.41, 5.74) is 3.68. The lowest BCUT2D eigenvalue weighted by Gasteiger charge is -2.32. The third-order valence-electron chi connectivity index (χ3n) is 4.33. The molecule has 2 heteroatoms. The first-order valence-electron chi connectivity index (χ1n) is 8.12. The molecule has 1 aliphatic heterocycles. The van der Waals surface area contributed by atoms with Gasteiger partial charge in [-0.15, -0.1) is 0 Å². The van der Waals surface area contributed by atoms with Gasteiger partial charge < -0.3 is 0 Å². The zero-order chi connectivity index (χ0) is 12.5. The van der Waals surface area contributed by atoms with Crippen LogP contribution in [0.25, 0.3) is 0 Å². The van der Waals surface area contributed by atoms with Gasteiger partial charge in [-0.05, 0) is 32.1 Å². The Morgan fingerprint density at radius 1 is 0.778 bits per heavy atom.